The number of hydrogen-bond donors (Lipinski definition) is 0. The topological polar surface area (TPSA) is 27.1 Å². The number of ether oxygens (including phenoxy) is 1. The van der Waals surface area contributed by atoms with Gasteiger partial charge in [0, 0.05) is 18.7 Å². The van der Waals surface area contributed by atoms with Crippen LogP contribution in [-0.2, 0) is 17.2 Å². The minimum atomic E-state index is -0.755. The molecule has 0 spiro atoms. The third kappa shape index (κ3) is 2.73. The van der Waals surface area contributed by atoms with Crippen molar-refractivity contribution < 1.29 is 13.5 Å². The molecule has 0 fully saturated rings. The lowest BCUT2D eigenvalue weighted by Gasteiger charge is -2.04. The third-order valence-electron chi connectivity index (χ3n) is 2.56. The summed E-state index contributed by atoms with van der Waals surface area (Å²) in [6.45, 7) is 0.206. The number of halogens is 4. The Morgan fingerprint density at radius 1 is 1.37 bits per heavy atom. The summed E-state index contributed by atoms with van der Waals surface area (Å²) in [5.41, 5.74) is 1.14. The lowest BCUT2D eigenvalue weighted by molar-refractivity contribution is 0.180. The van der Waals surface area contributed by atoms with Gasteiger partial charge in [-0.15, -0.1) is 11.6 Å². The number of benzene rings is 1. The fourth-order valence-corrected chi connectivity index (χ4v) is 2.32. The van der Waals surface area contributed by atoms with Gasteiger partial charge in [-0.05, 0) is 12.1 Å². The number of methoxy groups -OCH3 is 1. The summed E-state index contributed by atoms with van der Waals surface area (Å²) in [5.74, 6) is -1.30. The molecule has 0 atom stereocenters. The third-order valence-corrected chi connectivity index (χ3v) is 3.21. The molecule has 0 aliphatic carbocycles. The molecule has 0 unspecified atom stereocenters. The molecule has 0 aliphatic heterocycles. The van der Waals surface area contributed by atoms with Crippen LogP contribution < -0.4 is 0 Å². The summed E-state index contributed by atoms with van der Waals surface area (Å²) in [6, 6.07) is 3.16. The number of aromatic nitrogens is 2. The van der Waals surface area contributed by atoms with Crippen molar-refractivity contribution in [3.63, 3.8) is 0 Å². The molecule has 0 bridgehead atoms. The fourth-order valence-electron chi connectivity index (χ4n) is 1.67. The average molecular weight is 307 g/mol. The second-order valence-electron chi connectivity index (χ2n) is 3.79. The van der Waals surface area contributed by atoms with E-state index in [1.807, 2.05) is 0 Å². The molecule has 0 saturated heterocycles. The zero-order valence-corrected chi connectivity index (χ0v) is 11.5. The molecule has 0 saturated carbocycles. The highest BCUT2D eigenvalue weighted by molar-refractivity contribution is 6.31. The van der Waals surface area contributed by atoms with Crippen LogP contribution in [0.25, 0.3) is 5.69 Å². The minimum absolute atomic E-state index is 0.0557. The van der Waals surface area contributed by atoms with Gasteiger partial charge >= 0.3 is 0 Å². The van der Waals surface area contributed by atoms with Crippen molar-refractivity contribution in [2.75, 3.05) is 7.11 Å². The first-order chi connectivity index (χ1) is 9.08. The lowest BCUT2D eigenvalue weighted by atomic mass is 10.3. The molecule has 3 nitrogen and oxygen atoms in total. The van der Waals surface area contributed by atoms with Gasteiger partial charge in [0.1, 0.15) is 16.7 Å². The number of alkyl halides is 1. The van der Waals surface area contributed by atoms with E-state index in [9.17, 15) is 8.78 Å². The summed E-state index contributed by atoms with van der Waals surface area (Å²) in [7, 11) is 1.50. The zero-order chi connectivity index (χ0) is 14.0. The lowest BCUT2D eigenvalue weighted by Crippen LogP contribution is -2.01. The van der Waals surface area contributed by atoms with Gasteiger partial charge in [0.15, 0.2) is 5.82 Å². The van der Waals surface area contributed by atoms with Crippen molar-refractivity contribution in [2.24, 2.45) is 0 Å². The molecule has 19 heavy (non-hydrogen) atoms. The summed E-state index contributed by atoms with van der Waals surface area (Å²) in [6.07, 6.45) is 0. The normalized spacial score (nSPS) is 11.0. The highest BCUT2D eigenvalue weighted by atomic mass is 35.5. The van der Waals surface area contributed by atoms with Gasteiger partial charge in [-0.1, -0.05) is 11.6 Å². The van der Waals surface area contributed by atoms with Crippen LogP contribution in [0, 0.1) is 11.6 Å². The van der Waals surface area contributed by atoms with E-state index in [4.69, 9.17) is 27.9 Å². The van der Waals surface area contributed by atoms with Crippen molar-refractivity contribution in [3.05, 3.63) is 46.2 Å². The van der Waals surface area contributed by atoms with Crippen LogP contribution >= 0.6 is 23.2 Å². The molecule has 2 rings (SSSR count). The fraction of sp³-hybridized carbons (Fsp3) is 0.250. The number of nitrogens with zero attached hydrogens (tertiary/aromatic N) is 2. The SMILES string of the molecule is COCc1nn(-c2ccc(F)cc2F)c(Cl)c1CCl. The Morgan fingerprint density at radius 2 is 2.11 bits per heavy atom. The monoisotopic (exact) mass is 306 g/mol. The van der Waals surface area contributed by atoms with E-state index in [2.05, 4.69) is 5.10 Å². The van der Waals surface area contributed by atoms with E-state index < -0.39 is 11.6 Å². The van der Waals surface area contributed by atoms with Gasteiger partial charge in [0.2, 0.25) is 0 Å². The van der Waals surface area contributed by atoms with Gasteiger partial charge in [-0.2, -0.15) is 5.10 Å². The molecule has 0 aliphatic rings. The molecule has 1 aromatic carbocycles. The van der Waals surface area contributed by atoms with E-state index in [0.29, 0.717) is 11.3 Å². The Morgan fingerprint density at radius 3 is 2.68 bits per heavy atom. The summed E-state index contributed by atoms with van der Waals surface area (Å²) < 4.78 is 32.8. The standard InChI is InChI=1S/C12H10Cl2F2N2O/c1-19-6-10-8(5-13)12(14)18(17-10)11-3-2-7(15)4-9(11)16/h2-4H,5-6H2,1H3. The van der Waals surface area contributed by atoms with Gasteiger partial charge in [0.05, 0.1) is 18.2 Å². The highest BCUT2D eigenvalue weighted by Crippen LogP contribution is 2.27. The van der Waals surface area contributed by atoms with E-state index in [1.54, 1.807) is 0 Å². The zero-order valence-electron chi connectivity index (χ0n) is 9.96. The largest absolute Gasteiger partial charge is 0.378 e. The van der Waals surface area contributed by atoms with Crippen LogP contribution in [0.15, 0.2) is 18.2 Å². The average Bonchev–Trinajstić information content (AvgIpc) is 2.66. The maximum Gasteiger partial charge on any atom is 0.151 e. The van der Waals surface area contributed by atoms with Crippen molar-refractivity contribution in [1.29, 1.82) is 0 Å². The van der Waals surface area contributed by atoms with Crippen LogP contribution in [0.1, 0.15) is 11.3 Å². The predicted molar refractivity (Wildman–Crippen MR) is 68.8 cm³/mol. The Hall–Kier alpha value is -1.17. The Kier molecular flexibility index (Phi) is 4.39. The van der Waals surface area contributed by atoms with E-state index >= 15 is 0 Å². The van der Waals surface area contributed by atoms with Crippen LogP contribution in [0.3, 0.4) is 0 Å². The second-order valence-corrected chi connectivity index (χ2v) is 4.42. The van der Waals surface area contributed by atoms with Gasteiger partial charge < -0.3 is 4.74 Å². The van der Waals surface area contributed by atoms with Gasteiger partial charge in [-0.3, -0.25) is 0 Å². The van der Waals surface area contributed by atoms with Crippen LogP contribution in [0.4, 0.5) is 8.78 Å². The molecule has 1 aromatic heterocycles. The molecule has 1 heterocycles. The summed E-state index contributed by atoms with van der Waals surface area (Å²) in [5, 5.41) is 4.33. The summed E-state index contributed by atoms with van der Waals surface area (Å²) in [4.78, 5) is 0. The Labute approximate surface area is 118 Å². The van der Waals surface area contributed by atoms with E-state index in [1.165, 1.54) is 17.9 Å². The quantitative estimate of drug-likeness (QED) is 0.806. The molecule has 0 N–H and O–H groups in total. The first-order valence-electron chi connectivity index (χ1n) is 5.35. The van der Waals surface area contributed by atoms with Gasteiger partial charge in [-0.25, -0.2) is 13.5 Å². The maximum absolute atomic E-state index is 13.7. The molecule has 0 radical (unpaired) electrons. The second kappa shape index (κ2) is 5.86. The number of rotatable bonds is 4. The maximum atomic E-state index is 13.7. The molecule has 2 aromatic rings. The molecule has 7 heteroatoms. The van der Waals surface area contributed by atoms with Crippen molar-refractivity contribution in [1.82, 2.24) is 9.78 Å². The van der Waals surface area contributed by atoms with Crippen LogP contribution in [0.2, 0.25) is 5.15 Å². The van der Waals surface area contributed by atoms with E-state index in [-0.39, 0.29) is 23.3 Å². The molecular formula is C12H10Cl2F2N2O. The molecule has 0 amide bonds. The van der Waals surface area contributed by atoms with Gasteiger partial charge in [0.25, 0.3) is 0 Å². The molecule has 102 valence electrons. The molecular weight excluding hydrogens is 297 g/mol. The summed E-state index contributed by atoms with van der Waals surface area (Å²) >= 11 is 11.9. The number of hydrogen-bond acceptors (Lipinski definition) is 2. The van der Waals surface area contributed by atoms with E-state index in [0.717, 1.165) is 12.1 Å². The van der Waals surface area contributed by atoms with Crippen LogP contribution in [0.5, 0.6) is 0 Å². The first kappa shape index (κ1) is 14.2. The van der Waals surface area contributed by atoms with Crippen LogP contribution in [-0.4, -0.2) is 16.9 Å². The Balaban J connectivity index is 2.56. The smallest absolute Gasteiger partial charge is 0.151 e. The highest BCUT2D eigenvalue weighted by Gasteiger charge is 2.18. The predicted octanol–water partition coefficient (Wildman–Crippen LogP) is 3.69. The Bertz CT molecular complexity index is 602. The van der Waals surface area contributed by atoms with Crippen molar-refractivity contribution in [2.45, 2.75) is 12.5 Å². The van der Waals surface area contributed by atoms with Crippen molar-refractivity contribution >= 4 is 23.2 Å². The minimum Gasteiger partial charge on any atom is -0.378 e. The first-order valence-corrected chi connectivity index (χ1v) is 6.26. The van der Waals surface area contributed by atoms with Crippen molar-refractivity contribution in [3.8, 4) is 5.69 Å².